The summed E-state index contributed by atoms with van der Waals surface area (Å²) >= 11 is 3.33. The molecule has 2 rings (SSSR count). The minimum atomic E-state index is -0.892. The maximum atomic E-state index is 11.8. The number of aryl methyl sites for hydroxylation is 1. The van der Waals surface area contributed by atoms with Crippen LogP contribution in [0.4, 0.5) is 5.69 Å². The summed E-state index contributed by atoms with van der Waals surface area (Å²) in [6.07, 6.45) is 0.439. The lowest BCUT2D eigenvalue weighted by Crippen LogP contribution is -2.17. The van der Waals surface area contributed by atoms with Crippen LogP contribution in [-0.4, -0.2) is 17.0 Å². The van der Waals surface area contributed by atoms with E-state index in [9.17, 15) is 9.59 Å². The number of nitrogens with one attached hydrogen (secondary N) is 1. The zero-order chi connectivity index (χ0) is 12.6. The van der Waals surface area contributed by atoms with E-state index in [0.717, 1.165) is 15.7 Å². The first-order valence-electron chi connectivity index (χ1n) is 5.29. The molecule has 0 unspecified atom stereocenters. The van der Waals surface area contributed by atoms with E-state index >= 15 is 0 Å². The van der Waals surface area contributed by atoms with Crippen LogP contribution in [0.15, 0.2) is 22.7 Å². The van der Waals surface area contributed by atoms with Gasteiger partial charge in [-0.3, -0.25) is 9.59 Å². The van der Waals surface area contributed by atoms with Gasteiger partial charge in [0.2, 0.25) is 5.91 Å². The Kier molecular flexibility index (Phi) is 3.19. The number of carbonyl (C=O) groups excluding carboxylic acids is 1. The molecule has 4 nitrogen and oxygen atoms in total. The molecular formula is C12H12BrNO3. The number of carboxylic acid groups (broad SMARTS) is 1. The number of rotatable bonds is 3. The normalized spacial score (nSPS) is 22.0. The number of hydrogen-bond acceptors (Lipinski definition) is 2. The van der Waals surface area contributed by atoms with Crippen LogP contribution in [0.5, 0.6) is 0 Å². The summed E-state index contributed by atoms with van der Waals surface area (Å²) in [6, 6.07) is 5.59. The molecule has 0 aromatic heterocycles. The molecule has 2 N–H and O–H groups in total. The average molecular weight is 298 g/mol. The quantitative estimate of drug-likeness (QED) is 0.900. The second kappa shape index (κ2) is 4.49. The Hall–Kier alpha value is -1.36. The van der Waals surface area contributed by atoms with Crippen molar-refractivity contribution >= 4 is 33.5 Å². The number of aliphatic carboxylic acids is 1. The Morgan fingerprint density at radius 2 is 2.12 bits per heavy atom. The van der Waals surface area contributed by atoms with Gasteiger partial charge in [0, 0.05) is 10.2 Å². The van der Waals surface area contributed by atoms with Crippen LogP contribution in [0.3, 0.4) is 0 Å². The summed E-state index contributed by atoms with van der Waals surface area (Å²) < 4.78 is 0.879. The molecule has 17 heavy (non-hydrogen) atoms. The fourth-order valence-electron chi connectivity index (χ4n) is 1.71. The largest absolute Gasteiger partial charge is 0.481 e. The maximum absolute atomic E-state index is 11.8. The molecule has 0 saturated heterocycles. The zero-order valence-corrected chi connectivity index (χ0v) is 10.8. The molecule has 0 heterocycles. The van der Waals surface area contributed by atoms with E-state index in [2.05, 4.69) is 21.2 Å². The lowest BCUT2D eigenvalue weighted by atomic mass is 10.2. The molecule has 90 valence electrons. The van der Waals surface area contributed by atoms with Gasteiger partial charge in [-0.1, -0.05) is 22.0 Å². The van der Waals surface area contributed by atoms with E-state index < -0.39 is 11.9 Å². The van der Waals surface area contributed by atoms with Gasteiger partial charge in [-0.05, 0) is 31.0 Å². The third kappa shape index (κ3) is 2.66. The van der Waals surface area contributed by atoms with E-state index in [0.29, 0.717) is 6.42 Å². The van der Waals surface area contributed by atoms with Gasteiger partial charge in [-0.25, -0.2) is 0 Å². The molecule has 5 heteroatoms. The Labute approximate surface area is 107 Å². The van der Waals surface area contributed by atoms with Crippen molar-refractivity contribution in [2.45, 2.75) is 13.3 Å². The summed E-state index contributed by atoms with van der Waals surface area (Å²) in [5.41, 5.74) is 1.68. The van der Waals surface area contributed by atoms with Crippen LogP contribution in [0, 0.1) is 18.8 Å². The summed E-state index contributed by atoms with van der Waals surface area (Å²) in [5, 5.41) is 11.5. The van der Waals surface area contributed by atoms with Gasteiger partial charge in [0.05, 0.1) is 11.8 Å². The topological polar surface area (TPSA) is 66.4 Å². The van der Waals surface area contributed by atoms with Crippen molar-refractivity contribution in [3.8, 4) is 0 Å². The van der Waals surface area contributed by atoms with Gasteiger partial charge >= 0.3 is 5.97 Å². The highest BCUT2D eigenvalue weighted by Gasteiger charge is 2.48. The Morgan fingerprint density at radius 1 is 1.41 bits per heavy atom. The van der Waals surface area contributed by atoms with E-state index in [4.69, 9.17) is 5.11 Å². The molecule has 1 fully saturated rings. The number of benzene rings is 1. The lowest BCUT2D eigenvalue weighted by Gasteiger charge is -2.08. The number of anilines is 1. The van der Waals surface area contributed by atoms with Crippen molar-refractivity contribution in [1.29, 1.82) is 0 Å². The molecule has 0 aliphatic heterocycles. The van der Waals surface area contributed by atoms with Crippen LogP contribution in [0.2, 0.25) is 0 Å². The van der Waals surface area contributed by atoms with Crippen molar-refractivity contribution in [1.82, 2.24) is 0 Å². The smallest absolute Gasteiger partial charge is 0.307 e. The zero-order valence-electron chi connectivity index (χ0n) is 9.24. The molecule has 1 aromatic carbocycles. The van der Waals surface area contributed by atoms with E-state index in [1.807, 2.05) is 25.1 Å². The van der Waals surface area contributed by atoms with Crippen molar-refractivity contribution in [2.75, 3.05) is 5.32 Å². The first-order chi connectivity index (χ1) is 7.99. The number of hydrogen-bond donors (Lipinski definition) is 2. The van der Waals surface area contributed by atoms with Gasteiger partial charge in [0.15, 0.2) is 0 Å². The van der Waals surface area contributed by atoms with E-state index in [1.165, 1.54) is 0 Å². The summed E-state index contributed by atoms with van der Waals surface area (Å²) in [6.45, 7) is 1.89. The van der Waals surface area contributed by atoms with Gasteiger partial charge in [0.1, 0.15) is 0 Å². The Bertz CT molecular complexity index is 487. The standard InChI is InChI=1S/C12H12BrNO3/c1-6-2-3-7(13)4-10(6)14-11(15)8-5-9(8)12(16)17/h2-4,8-9H,5H2,1H3,(H,14,15)(H,16,17)/t8-,9+/m1/s1. The molecule has 0 bridgehead atoms. The minimum Gasteiger partial charge on any atom is -0.481 e. The van der Waals surface area contributed by atoms with Crippen molar-refractivity contribution in [3.05, 3.63) is 28.2 Å². The maximum Gasteiger partial charge on any atom is 0.307 e. The highest BCUT2D eigenvalue weighted by molar-refractivity contribution is 9.10. The monoisotopic (exact) mass is 297 g/mol. The second-order valence-electron chi connectivity index (χ2n) is 4.24. The van der Waals surface area contributed by atoms with Gasteiger partial charge < -0.3 is 10.4 Å². The van der Waals surface area contributed by atoms with Gasteiger partial charge in [0.25, 0.3) is 0 Å². The van der Waals surface area contributed by atoms with Crippen LogP contribution in [-0.2, 0) is 9.59 Å². The second-order valence-corrected chi connectivity index (χ2v) is 5.15. The lowest BCUT2D eigenvalue weighted by molar-refractivity contribution is -0.139. The fourth-order valence-corrected chi connectivity index (χ4v) is 2.07. The third-order valence-electron chi connectivity index (χ3n) is 2.90. The molecule has 0 spiro atoms. The van der Waals surface area contributed by atoms with E-state index in [-0.39, 0.29) is 11.8 Å². The predicted molar refractivity (Wildman–Crippen MR) is 66.7 cm³/mol. The highest BCUT2D eigenvalue weighted by atomic mass is 79.9. The summed E-state index contributed by atoms with van der Waals surface area (Å²) in [7, 11) is 0. The number of amides is 1. The Balaban J connectivity index is 2.04. The Morgan fingerprint density at radius 3 is 2.71 bits per heavy atom. The number of carbonyl (C=O) groups is 2. The van der Waals surface area contributed by atoms with Crippen LogP contribution in [0.1, 0.15) is 12.0 Å². The first kappa shape index (κ1) is 12.1. The molecule has 1 aromatic rings. The predicted octanol–water partition coefficient (Wildman–Crippen LogP) is 2.42. The molecule has 1 aliphatic rings. The van der Waals surface area contributed by atoms with Crippen molar-refractivity contribution in [2.24, 2.45) is 11.8 Å². The summed E-state index contributed by atoms with van der Waals surface area (Å²) in [4.78, 5) is 22.4. The van der Waals surface area contributed by atoms with Gasteiger partial charge in [-0.15, -0.1) is 0 Å². The molecule has 1 saturated carbocycles. The molecular weight excluding hydrogens is 286 g/mol. The highest BCUT2D eigenvalue weighted by Crippen LogP contribution is 2.39. The van der Waals surface area contributed by atoms with Crippen LogP contribution >= 0.6 is 15.9 Å². The van der Waals surface area contributed by atoms with E-state index in [1.54, 1.807) is 0 Å². The minimum absolute atomic E-state index is 0.210. The summed E-state index contributed by atoms with van der Waals surface area (Å²) in [5.74, 6) is -2.00. The molecule has 1 amide bonds. The molecule has 2 atom stereocenters. The van der Waals surface area contributed by atoms with Crippen LogP contribution < -0.4 is 5.32 Å². The fraction of sp³-hybridized carbons (Fsp3) is 0.333. The van der Waals surface area contributed by atoms with Crippen molar-refractivity contribution < 1.29 is 14.7 Å². The molecule has 0 radical (unpaired) electrons. The molecule has 1 aliphatic carbocycles. The number of carboxylic acids is 1. The third-order valence-corrected chi connectivity index (χ3v) is 3.40. The average Bonchev–Trinajstić information content (AvgIpc) is 3.03. The SMILES string of the molecule is Cc1ccc(Br)cc1NC(=O)[C@@H]1C[C@@H]1C(=O)O. The number of halogens is 1. The van der Waals surface area contributed by atoms with Crippen LogP contribution in [0.25, 0.3) is 0 Å². The first-order valence-corrected chi connectivity index (χ1v) is 6.08. The van der Waals surface area contributed by atoms with Gasteiger partial charge in [-0.2, -0.15) is 0 Å². The van der Waals surface area contributed by atoms with Crippen molar-refractivity contribution in [3.63, 3.8) is 0 Å².